The Morgan fingerprint density at radius 3 is 2.68 bits per heavy atom. The predicted molar refractivity (Wildman–Crippen MR) is 99.1 cm³/mol. The number of fused-ring (bicyclic) bond motifs is 1. The molecule has 0 spiro atoms. The van der Waals surface area contributed by atoms with Gasteiger partial charge in [0.2, 0.25) is 0 Å². The highest BCUT2D eigenvalue weighted by molar-refractivity contribution is 7.16. The number of benzene rings is 2. The molecule has 130 valence electrons. The Morgan fingerprint density at radius 1 is 1.12 bits per heavy atom. The Kier molecular flexibility index (Phi) is 5.50. The fourth-order valence-corrected chi connectivity index (χ4v) is 3.48. The van der Waals surface area contributed by atoms with Crippen LogP contribution in [0.5, 0.6) is 11.5 Å². The van der Waals surface area contributed by atoms with Crippen LogP contribution in [0.3, 0.4) is 0 Å². The molecule has 0 atom stereocenters. The zero-order chi connectivity index (χ0) is 17.6. The number of carbonyl (C=O) groups excluding carboxylic acids is 1. The first-order chi connectivity index (χ1) is 12.2. The number of carbonyl (C=O) groups is 1. The Morgan fingerprint density at radius 2 is 1.92 bits per heavy atom. The molecule has 1 amide bonds. The molecule has 1 aromatic heterocycles. The van der Waals surface area contributed by atoms with Crippen molar-refractivity contribution in [1.29, 1.82) is 0 Å². The molecule has 0 aliphatic rings. The number of nitrogens with zero attached hydrogens (tertiary/aromatic N) is 2. The van der Waals surface area contributed by atoms with Gasteiger partial charge >= 0.3 is 0 Å². The van der Waals surface area contributed by atoms with E-state index in [2.05, 4.69) is 4.99 Å². The van der Waals surface area contributed by atoms with Crippen molar-refractivity contribution in [3.05, 3.63) is 53.3 Å². The molecule has 25 heavy (non-hydrogen) atoms. The third-order valence-corrected chi connectivity index (χ3v) is 4.73. The summed E-state index contributed by atoms with van der Waals surface area (Å²) < 4.78 is 14.0. The maximum atomic E-state index is 12.1. The molecule has 6 heteroatoms. The van der Waals surface area contributed by atoms with Gasteiger partial charge in [0.05, 0.1) is 29.9 Å². The summed E-state index contributed by atoms with van der Waals surface area (Å²) >= 11 is 1.48. The van der Waals surface area contributed by atoms with Crippen molar-refractivity contribution < 1.29 is 14.3 Å². The van der Waals surface area contributed by atoms with Gasteiger partial charge in [0.25, 0.3) is 5.91 Å². The van der Waals surface area contributed by atoms with Crippen molar-refractivity contribution in [1.82, 2.24) is 4.57 Å². The summed E-state index contributed by atoms with van der Waals surface area (Å²) in [6, 6.07) is 15.3. The minimum absolute atomic E-state index is 0.192. The smallest absolute Gasteiger partial charge is 0.251 e. The molecular formula is C19H20N2O3S. The number of rotatable bonds is 6. The number of ether oxygens (including phenoxy) is 2. The molecule has 2 aromatic carbocycles. The molecule has 1 heterocycles. The number of para-hydroxylation sites is 1. The number of hydrogen-bond donors (Lipinski definition) is 0. The van der Waals surface area contributed by atoms with Crippen molar-refractivity contribution in [3.8, 4) is 11.5 Å². The van der Waals surface area contributed by atoms with Gasteiger partial charge in [-0.25, -0.2) is 0 Å². The Labute approximate surface area is 150 Å². The Hall–Kier alpha value is -2.60. The van der Waals surface area contributed by atoms with E-state index in [9.17, 15) is 4.79 Å². The normalized spacial score (nSPS) is 11.7. The summed E-state index contributed by atoms with van der Waals surface area (Å²) in [5, 5.41) is 0. The second-order valence-electron chi connectivity index (χ2n) is 5.42. The van der Waals surface area contributed by atoms with E-state index >= 15 is 0 Å². The second-order valence-corrected chi connectivity index (χ2v) is 6.43. The highest BCUT2D eigenvalue weighted by Gasteiger charge is 2.07. The van der Waals surface area contributed by atoms with Crippen molar-refractivity contribution in [3.63, 3.8) is 0 Å². The lowest BCUT2D eigenvalue weighted by molar-refractivity contribution is -0.118. The van der Waals surface area contributed by atoms with Crippen LogP contribution in [0.1, 0.15) is 13.3 Å². The van der Waals surface area contributed by atoms with E-state index in [1.807, 2.05) is 67.1 Å². The lowest BCUT2D eigenvalue weighted by Crippen LogP contribution is -2.14. The molecular weight excluding hydrogens is 336 g/mol. The zero-order valence-corrected chi connectivity index (χ0v) is 15.1. The van der Waals surface area contributed by atoms with Gasteiger partial charge in [0.15, 0.2) is 4.80 Å². The largest absolute Gasteiger partial charge is 0.494 e. The third kappa shape index (κ3) is 4.28. The lowest BCUT2D eigenvalue weighted by atomic mass is 10.3. The average Bonchev–Trinajstić information content (AvgIpc) is 2.91. The molecule has 0 radical (unpaired) electrons. The molecule has 0 aliphatic heterocycles. The van der Waals surface area contributed by atoms with E-state index in [1.54, 1.807) is 0 Å². The highest BCUT2D eigenvalue weighted by Crippen LogP contribution is 2.22. The molecule has 0 fully saturated rings. The van der Waals surface area contributed by atoms with Gasteiger partial charge in [0, 0.05) is 7.05 Å². The summed E-state index contributed by atoms with van der Waals surface area (Å²) in [5.41, 5.74) is 1.03. The minimum atomic E-state index is -0.192. The van der Waals surface area contributed by atoms with Gasteiger partial charge in [-0.05, 0) is 37.3 Å². The van der Waals surface area contributed by atoms with Gasteiger partial charge in [-0.2, -0.15) is 4.99 Å². The number of hydrogen-bond acceptors (Lipinski definition) is 4. The van der Waals surface area contributed by atoms with Crippen molar-refractivity contribution in [2.75, 3.05) is 13.2 Å². The molecule has 3 rings (SSSR count). The predicted octanol–water partition coefficient (Wildman–Crippen LogP) is 3.53. The molecule has 0 aliphatic carbocycles. The molecule has 0 saturated heterocycles. The summed E-state index contributed by atoms with van der Waals surface area (Å²) in [7, 11) is 1.91. The van der Waals surface area contributed by atoms with Crippen molar-refractivity contribution in [2.45, 2.75) is 13.3 Å². The van der Waals surface area contributed by atoms with Crippen LogP contribution in [0.4, 0.5) is 0 Å². The molecule has 0 unspecified atom stereocenters. The van der Waals surface area contributed by atoms with Gasteiger partial charge in [0.1, 0.15) is 11.5 Å². The Balaban J connectivity index is 1.71. The van der Waals surface area contributed by atoms with E-state index in [4.69, 9.17) is 9.47 Å². The summed E-state index contributed by atoms with van der Waals surface area (Å²) in [6.07, 6.45) is 0.243. The van der Waals surface area contributed by atoms with Gasteiger partial charge in [-0.15, -0.1) is 0 Å². The van der Waals surface area contributed by atoms with E-state index < -0.39 is 0 Å². The lowest BCUT2D eigenvalue weighted by Gasteiger charge is -2.03. The monoisotopic (exact) mass is 356 g/mol. The van der Waals surface area contributed by atoms with Crippen LogP contribution in [0.25, 0.3) is 10.2 Å². The third-order valence-electron chi connectivity index (χ3n) is 3.64. The summed E-state index contributed by atoms with van der Waals surface area (Å²) in [6.45, 7) is 2.89. The first kappa shape index (κ1) is 17.2. The van der Waals surface area contributed by atoms with Gasteiger partial charge in [-0.3, -0.25) is 4.79 Å². The van der Waals surface area contributed by atoms with Crippen LogP contribution >= 0.6 is 11.3 Å². The van der Waals surface area contributed by atoms with Gasteiger partial charge < -0.3 is 14.0 Å². The fourth-order valence-electron chi connectivity index (χ4n) is 2.41. The number of amides is 1. The van der Waals surface area contributed by atoms with Crippen molar-refractivity contribution in [2.24, 2.45) is 12.0 Å². The van der Waals surface area contributed by atoms with E-state index in [0.29, 0.717) is 18.0 Å². The number of aromatic nitrogens is 1. The van der Waals surface area contributed by atoms with E-state index in [0.717, 1.165) is 21.7 Å². The topological polar surface area (TPSA) is 52.8 Å². The fraction of sp³-hybridized carbons (Fsp3) is 0.263. The SMILES string of the molecule is CCOc1ccc2c(c1)sc(=NC(=O)CCOc1ccccc1)n2C. The molecule has 5 nitrogen and oxygen atoms in total. The average molecular weight is 356 g/mol. The van der Waals surface area contributed by atoms with Crippen LogP contribution in [-0.2, 0) is 11.8 Å². The Bertz CT molecular complexity index is 929. The zero-order valence-electron chi connectivity index (χ0n) is 14.3. The van der Waals surface area contributed by atoms with Crippen LogP contribution in [0, 0.1) is 0 Å². The highest BCUT2D eigenvalue weighted by atomic mass is 32.1. The van der Waals surface area contributed by atoms with Crippen molar-refractivity contribution >= 4 is 27.5 Å². The summed E-state index contributed by atoms with van der Waals surface area (Å²) in [5.74, 6) is 1.39. The van der Waals surface area contributed by atoms with Crippen LogP contribution in [0.2, 0.25) is 0 Å². The van der Waals surface area contributed by atoms with Crippen LogP contribution < -0.4 is 14.3 Å². The number of thiazole rings is 1. The maximum absolute atomic E-state index is 12.1. The van der Waals surface area contributed by atoms with Gasteiger partial charge in [-0.1, -0.05) is 29.5 Å². The minimum Gasteiger partial charge on any atom is -0.494 e. The summed E-state index contributed by atoms with van der Waals surface area (Å²) in [4.78, 5) is 17.0. The van der Waals surface area contributed by atoms with Crippen LogP contribution in [-0.4, -0.2) is 23.7 Å². The van der Waals surface area contributed by atoms with E-state index in [-0.39, 0.29) is 12.3 Å². The first-order valence-corrected chi connectivity index (χ1v) is 8.97. The number of aryl methyl sites for hydroxylation is 1. The standard InChI is InChI=1S/C19H20N2O3S/c1-3-23-15-9-10-16-17(13-15)25-19(21(16)2)20-18(22)11-12-24-14-7-5-4-6-8-14/h4-10,13H,3,11-12H2,1-2H3. The first-order valence-electron chi connectivity index (χ1n) is 8.15. The molecule has 3 aromatic rings. The molecule has 0 bridgehead atoms. The quantitative estimate of drug-likeness (QED) is 0.679. The maximum Gasteiger partial charge on any atom is 0.251 e. The molecule has 0 saturated carbocycles. The molecule has 0 N–H and O–H groups in total. The second kappa shape index (κ2) is 7.98. The van der Waals surface area contributed by atoms with E-state index in [1.165, 1.54) is 11.3 Å². The van der Waals surface area contributed by atoms with Crippen LogP contribution in [0.15, 0.2) is 53.5 Å².